The number of hydrogen-bond donors (Lipinski definition) is 1. The smallest absolute Gasteiger partial charge is 0.341 e. The second-order valence-electron chi connectivity index (χ2n) is 4.76. The van der Waals surface area contributed by atoms with Crippen LogP contribution in [0.15, 0.2) is 18.2 Å². The van der Waals surface area contributed by atoms with Crippen LogP contribution in [0.4, 0.5) is 10.1 Å². The van der Waals surface area contributed by atoms with E-state index >= 15 is 0 Å². The van der Waals surface area contributed by atoms with Crippen LogP contribution in [0.5, 0.6) is 0 Å². The predicted molar refractivity (Wildman–Crippen MR) is 67.7 cm³/mol. The number of carbonyl (C=O) groups excluding carboxylic acids is 1. The van der Waals surface area contributed by atoms with Gasteiger partial charge in [-0.05, 0) is 43.9 Å². The van der Waals surface area contributed by atoms with E-state index in [1.165, 1.54) is 31.0 Å². The second kappa shape index (κ2) is 5.85. The van der Waals surface area contributed by atoms with E-state index in [0.717, 1.165) is 25.7 Å². The van der Waals surface area contributed by atoms with E-state index in [1.807, 2.05) is 0 Å². The number of halogens is 1. The molecule has 1 aromatic carbocycles. The molecule has 2 rings (SSSR count). The second-order valence-corrected chi connectivity index (χ2v) is 4.76. The Bertz CT molecular complexity index is 426. The molecule has 1 aromatic rings. The molecule has 0 spiro atoms. The summed E-state index contributed by atoms with van der Waals surface area (Å²) in [6, 6.07) is 3.95. The molecule has 0 unspecified atom stereocenters. The van der Waals surface area contributed by atoms with Gasteiger partial charge in [-0.1, -0.05) is 12.8 Å². The van der Waals surface area contributed by atoms with Crippen molar-refractivity contribution in [2.75, 3.05) is 5.73 Å². The monoisotopic (exact) mass is 251 g/mol. The van der Waals surface area contributed by atoms with Gasteiger partial charge in [-0.25, -0.2) is 9.18 Å². The fourth-order valence-corrected chi connectivity index (χ4v) is 2.27. The topological polar surface area (TPSA) is 52.3 Å². The largest absolute Gasteiger partial charge is 0.459 e. The molecule has 1 aliphatic rings. The average molecular weight is 251 g/mol. The maximum Gasteiger partial charge on any atom is 0.341 e. The third kappa shape index (κ3) is 3.22. The molecule has 0 heterocycles. The first-order valence-corrected chi connectivity index (χ1v) is 6.43. The molecule has 0 bridgehead atoms. The zero-order chi connectivity index (χ0) is 13.0. The van der Waals surface area contributed by atoms with Gasteiger partial charge >= 0.3 is 5.97 Å². The molecular formula is C14H18FNO2. The van der Waals surface area contributed by atoms with E-state index in [1.54, 1.807) is 0 Å². The highest BCUT2D eigenvalue weighted by Gasteiger charge is 2.20. The number of rotatable bonds is 2. The standard InChI is InChI=1S/C14H18FNO2/c15-13-8-7-10(16)9-12(13)14(17)18-11-5-3-1-2-4-6-11/h7-9,11H,1-6,16H2. The molecule has 1 saturated carbocycles. The minimum atomic E-state index is -0.605. The van der Waals surface area contributed by atoms with Gasteiger partial charge < -0.3 is 10.5 Å². The summed E-state index contributed by atoms with van der Waals surface area (Å²) >= 11 is 0. The number of hydrogen-bond acceptors (Lipinski definition) is 3. The van der Waals surface area contributed by atoms with Crippen LogP contribution in [-0.2, 0) is 4.74 Å². The quantitative estimate of drug-likeness (QED) is 0.498. The summed E-state index contributed by atoms with van der Waals surface area (Å²) < 4.78 is 18.9. The Morgan fingerprint density at radius 3 is 2.56 bits per heavy atom. The van der Waals surface area contributed by atoms with Crippen molar-refractivity contribution in [1.82, 2.24) is 0 Å². The summed E-state index contributed by atoms with van der Waals surface area (Å²) in [4.78, 5) is 11.9. The highest BCUT2D eigenvalue weighted by Crippen LogP contribution is 2.22. The summed E-state index contributed by atoms with van der Waals surface area (Å²) in [5, 5.41) is 0. The van der Waals surface area contributed by atoms with Crippen LogP contribution in [0.3, 0.4) is 0 Å². The average Bonchev–Trinajstić information content (AvgIpc) is 2.61. The molecule has 0 radical (unpaired) electrons. The highest BCUT2D eigenvalue weighted by molar-refractivity contribution is 5.90. The number of esters is 1. The minimum absolute atomic E-state index is 0.0701. The minimum Gasteiger partial charge on any atom is -0.459 e. The van der Waals surface area contributed by atoms with Gasteiger partial charge in [0.15, 0.2) is 0 Å². The van der Waals surface area contributed by atoms with Crippen molar-refractivity contribution >= 4 is 11.7 Å². The maximum atomic E-state index is 13.5. The van der Waals surface area contributed by atoms with Crippen LogP contribution in [0, 0.1) is 5.82 Å². The van der Waals surface area contributed by atoms with Gasteiger partial charge in [0.25, 0.3) is 0 Å². The Morgan fingerprint density at radius 1 is 1.22 bits per heavy atom. The number of carbonyl (C=O) groups is 1. The number of nitrogens with two attached hydrogens (primary N) is 1. The van der Waals surface area contributed by atoms with E-state index < -0.39 is 11.8 Å². The Balaban J connectivity index is 2.04. The van der Waals surface area contributed by atoms with Gasteiger partial charge in [-0.3, -0.25) is 0 Å². The van der Waals surface area contributed by atoms with Crippen molar-refractivity contribution in [1.29, 1.82) is 0 Å². The van der Waals surface area contributed by atoms with Crippen molar-refractivity contribution in [3.8, 4) is 0 Å². The highest BCUT2D eigenvalue weighted by atomic mass is 19.1. The molecule has 3 nitrogen and oxygen atoms in total. The summed E-state index contributed by atoms with van der Waals surface area (Å²) in [6.07, 6.45) is 6.15. The number of anilines is 1. The van der Waals surface area contributed by atoms with Gasteiger partial charge in [0, 0.05) is 5.69 Å². The lowest BCUT2D eigenvalue weighted by molar-refractivity contribution is 0.0262. The van der Waals surface area contributed by atoms with E-state index in [-0.39, 0.29) is 11.7 Å². The molecule has 0 aromatic heterocycles. The molecule has 0 saturated heterocycles. The molecule has 0 amide bonds. The van der Waals surface area contributed by atoms with Crippen LogP contribution < -0.4 is 5.73 Å². The van der Waals surface area contributed by atoms with Crippen LogP contribution in [0.1, 0.15) is 48.9 Å². The van der Waals surface area contributed by atoms with E-state index in [9.17, 15) is 9.18 Å². The molecule has 1 fully saturated rings. The normalized spacial score (nSPS) is 17.2. The Morgan fingerprint density at radius 2 is 1.89 bits per heavy atom. The first kappa shape index (κ1) is 12.9. The van der Waals surface area contributed by atoms with Crippen molar-refractivity contribution in [2.45, 2.75) is 44.6 Å². The Kier molecular flexibility index (Phi) is 4.18. The van der Waals surface area contributed by atoms with E-state index in [0.29, 0.717) is 5.69 Å². The summed E-state index contributed by atoms with van der Waals surface area (Å²) in [7, 11) is 0. The lowest BCUT2D eigenvalue weighted by atomic mass is 10.1. The molecule has 1 aliphatic carbocycles. The van der Waals surface area contributed by atoms with Gasteiger partial charge in [0.1, 0.15) is 11.9 Å². The van der Waals surface area contributed by atoms with Crippen molar-refractivity contribution in [3.63, 3.8) is 0 Å². The summed E-state index contributed by atoms with van der Waals surface area (Å²) in [5.41, 5.74) is 5.84. The van der Waals surface area contributed by atoms with Gasteiger partial charge in [0.05, 0.1) is 5.56 Å². The number of nitrogen functional groups attached to an aromatic ring is 1. The number of benzene rings is 1. The maximum absolute atomic E-state index is 13.5. The zero-order valence-electron chi connectivity index (χ0n) is 10.3. The third-order valence-corrected chi connectivity index (χ3v) is 3.29. The zero-order valence-corrected chi connectivity index (χ0v) is 10.3. The lowest BCUT2D eigenvalue weighted by Crippen LogP contribution is -2.18. The van der Waals surface area contributed by atoms with Crippen molar-refractivity contribution in [2.24, 2.45) is 0 Å². The van der Waals surface area contributed by atoms with Gasteiger partial charge in [0.2, 0.25) is 0 Å². The lowest BCUT2D eigenvalue weighted by Gasteiger charge is -2.15. The first-order valence-electron chi connectivity index (χ1n) is 6.43. The van der Waals surface area contributed by atoms with Gasteiger partial charge in [-0.2, -0.15) is 0 Å². The van der Waals surface area contributed by atoms with E-state index in [2.05, 4.69) is 0 Å². The SMILES string of the molecule is Nc1ccc(F)c(C(=O)OC2CCCCCC2)c1. The van der Waals surface area contributed by atoms with Gasteiger partial charge in [-0.15, -0.1) is 0 Å². The molecule has 98 valence electrons. The third-order valence-electron chi connectivity index (χ3n) is 3.29. The summed E-state index contributed by atoms with van der Waals surface area (Å²) in [6.45, 7) is 0. The number of ether oxygens (including phenoxy) is 1. The Hall–Kier alpha value is -1.58. The van der Waals surface area contributed by atoms with Crippen LogP contribution in [0.25, 0.3) is 0 Å². The van der Waals surface area contributed by atoms with Crippen LogP contribution in [-0.4, -0.2) is 12.1 Å². The van der Waals surface area contributed by atoms with Crippen LogP contribution >= 0.6 is 0 Å². The fraction of sp³-hybridized carbons (Fsp3) is 0.500. The predicted octanol–water partition coefficient (Wildman–Crippen LogP) is 3.29. The van der Waals surface area contributed by atoms with Crippen LogP contribution in [0.2, 0.25) is 0 Å². The van der Waals surface area contributed by atoms with Crippen molar-refractivity contribution < 1.29 is 13.9 Å². The van der Waals surface area contributed by atoms with E-state index in [4.69, 9.17) is 10.5 Å². The molecular weight excluding hydrogens is 233 g/mol. The molecule has 2 N–H and O–H groups in total. The first-order chi connectivity index (χ1) is 8.66. The summed E-state index contributed by atoms with van der Waals surface area (Å²) in [5.74, 6) is -1.19. The molecule has 4 heteroatoms. The van der Waals surface area contributed by atoms with Crippen molar-refractivity contribution in [3.05, 3.63) is 29.6 Å². The fourth-order valence-electron chi connectivity index (χ4n) is 2.27. The molecule has 18 heavy (non-hydrogen) atoms. The Labute approximate surface area is 106 Å². The molecule has 0 atom stereocenters. The molecule has 0 aliphatic heterocycles.